The lowest BCUT2D eigenvalue weighted by molar-refractivity contribution is -0.138. The molecule has 0 unspecified atom stereocenters. The molecule has 98 valence electrons. The summed E-state index contributed by atoms with van der Waals surface area (Å²) in [5, 5.41) is 2.88. The molecule has 0 aromatic carbocycles. The fourth-order valence-electron chi connectivity index (χ4n) is 1.41. The molecule has 0 saturated carbocycles. The van der Waals surface area contributed by atoms with Crippen LogP contribution in [0.3, 0.4) is 0 Å². The summed E-state index contributed by atoms with van der Waals surface area (Å²) < 4.78 is 29.1. The number of amides is 2. The second-order valence-electron chi connectivity index (χ2n) is 3.44. The van der Waals surface area contributed by atoms with E-state index in [-0.39, 0.29) is 30.4 Å². The highest BCUT2D eigenvalue weighted by Crippen LogP contribution is 2.10. The molecule has 1 aliphatic heterocycles. The van der Waals surface area contributed by atoms with E-state index in [1.165, 1.54) is 4.90 Å². The van der Waals surface area contributed by atoms with Gasteiger partial charge in [0.15, 0.2) is 0 Å². The van der Waals surface area contributed by atoms with Crippen molar-refractivity contribution in [2.75, 3.05) is 25.4 Å². The maximum Gasteiger partial charge on any atom is 0.319 e. The van der Waals surface area contributed by atoms with Crippen LogP contribution in [-0.2, 0) is 18.7 Å². The third-order valence-corrected chi connectivity index (χ3v) is 4.24. The molecule has 1 aliphatic rings. The van der Waals surface area contributed by atoms with Crippen molar-refractivity contribution in [1.82, 2.24) is 10.2 Å². The van der Waals surface area contributed by atoms with E-state index in [9.17, 15) is 18.0 Å². The molecule has 0 aromatic heterocycles. The van der Waals surface area contributed by atoms with Gasteiger partial charge in [0.2, 0.25) is 11.8 Å². The summed E-state index contributed by atoms with van der Waals surface area (Å²) in [6.45, 7) is 1.10. The number of imide groups is 1. The lowest BCUT2D eigenvalue weighted by Crippen LogP contribution is -2.36. The lowest BCUT2D eigenvalue weighted by Gasteiger charge is -2.13. The molecule has 1 saturated heterocycles. The standard InChI is InChI=1S/C8H14N2O5S2/c11-7-1-2-8(12)10(7)5-3-9-4-6-16-17(13,14)15/h9H,1-6H2,(H,13,14,15). The van der Waals surface area contributed by atoms with Gasteiger partial charge in [0.05, 0.1) is 0 Å². The minimum absolute atomic E-state index is 0.163. The Labute approximate surface area is 103 Å². The van der Waals surface area contributed by atoms with E-state index in [1.54, 1.807) is 0 Å². The SMILES string of the molecule is O=C1CCC(=O)N1CCNCCSS(=O)(=O)O. The first kappa shape index (κ1) is 14.4. The van der Waals surface area contributed by atoms with Crippen LogP contribution in [0.1, 0.15) is 12.8 Å². The largest absolute Gasteiger partial charge is 0.319 e. The van der Waals surface area contributed by atoms with Crippen LogP contribution in [0, 0.1) is 0 Å². The average molecular weight is 282 g/mol. The fraction of sp³-hybridized carbons (Fsp3) is 0.750. The molecule has 17 heavy (non-hydrogen) atoms. The highest BCUT2D eigenvalue weighted by atomic mass is 33.1. The van der Waals surface area contributed by atoms with Crippen LogP contribution in [0.15, 0.2) is 0 Å². The zero-order chi connectivity index (χ0) is 12.9. The summed E-state index contributed by atoms with van der Waals surface area (Å²) in [6.07, 6.45) is 0.550. The van der Waals surface area contributed by atoms with Crippen LogP contribution in [0.4, 0.5) is 0 Å². The van der Waals surface area contributed by atoms with Crippen molar-refractivity contribution in [2.24, 2.45) is 0 Å². The van der Waals surface area contributed by atoms with E-state index < -0.39 is 9.15 Å². The molecule has 0 atom stereocenters. The van der Waals surface area contributed by atoms with E-state index in [0.717, 1.165) is 0 Å². The molecule has 9 heteroatoms. The van der Waals surface area contributed by atoms with Crippen LogP contribution in [0.2, 0.25) is 0 Å². The highest BCUT2D eigenvalue weighted by molar-refractivity contribution is 8.69. The molecule has 0 aliphatic carbocycles. The second-order valence-corrected chi connectivity index (χ2v) is 6.91. The Kier molecular flexibility index (Phi) is 5.37. The fourth-order valence-corrected chi connectivity index (χ4v) is 2.73. The summed E-state index contributed by atoms with van der Waals surface area (Å²) in [6, 6.07) is 0. The summed E-state index contributed by atoms with van der Waals surface area (Å²) in [7, 11) is -3.55. The van der Waals surface area contributed by atoms with Crippen molar-refractivity contribution in [3.05, 3.63) is 0 Å². The number of hydrogen-bond donors (Lipinski definition) is 2. The van der Waals surface area contributed by atoms with E-state index >= 15 is 0 Å². The van der Waals surface area contributed by atoms with Gasteiger partial charge in [0.1, 0.15) is 0 Å². The zero-order valence-corrected chi connectivity index (χ0v) is 10.7. The summed E-state index contributed by atoms with van der Waals surface area (Å²) in [5.74, 6) is -0.117. The van der Waals surface area contributed by atoms with Gasteiger partial charge < -0.3 is 5.32 Å². The van der Waals surface area contributed by atoms with Gasteiger partial charge in [-0.25, -0.2) is 0 Å². The van der Waals surface area contributed by atoms with E-state index in [0.29, 0.717) is 30.4 Å². The van der Waals surface area contributed by atoms with Crippen LogP contribution in [-0.4, -0.2) is 55.1 Å². The number of hydrogen-bond acceptors (Lipinski definition) is 6. The van der Waals surface area contributed by atoms with Crippen molar-refractivity contribution in [3.8, 4) is 0 Å². The molecule has 2 amide bonds. The van der Waals surface area contributed by atoms with Gasteiger partial charge in [-0.15, -0.1) is 0 Å². The summed E-state index contributed by atoms with van der Waals surface area (Å²) in [5.41, 5.74) is 0. The van der Waals surface area contributed by atoms with Gasteiger partial charge in [-0.2, -0.15) is 8.42 Å². The molecule has 0 bridgehead atoms. The average Bonchev–Trinajstić information content (AvgIpc) is 2.52. The summed E-state index contributed by atoms with van der Waals surface area (Å²) >= 11 is 0. The number of nitrogens with zero attached hydrogens (tertiary/aromatic N) is 1. The molecular weight excluding hydrogens is 268 g/mol. The number of likely N-dealkylation sites (tertiary alicyclic amines) is 1. The second kappa shape index (κ2) is 6.34. The van der Waals surface area contributed by atoms with Gasteiger partial charge in [0.25, 0.3) is 0 Å². The van der Waals surface area contributed by atoms with Crippen molar-refractivity contribution >= 4 is 31.8 Å². The van der Waals surface area contributed by atoms with Crippen molar-refractivity contribution in [2.45, 2.75) is 12.8 Å². The first-order chi connectivity index (χ1) is 7.90. The van der Waals surface area contributed by atoms with Gasteiger partial charge >= 0.3 is 9.15 Å². The Bertz CT molecular complexity index is 379. The molecule has 1 heterocycles. The Morgan fingerprint density at radius 2 is 1.82 bits per heavy atom. The lowest BCUT2D eigenvalue weighted by atomic mass is 10.4. The Hall–Kier alpha value is -0.640. The van der Waals surface area contributed by atoms with Crippen LogP contribution in [0.5, 0.6) is 0 Å². The van der Waals surface area contributed by atoms with Gasteiger partial charge in [-0.3, -0.25) is 19.0 Å². The zero-order valence-electron chi connectivity index (χ0n) is 9.09. The maximum absolute atomic E-state index is 11.2. The third-order valence-electron chi connectivity index (χ3n) is 2.18. The van der Waals surface area contributed by atoms with Gasteiger partial charge in [0, 0.05) is 38.2 Å². The van der Waals surface area contributed by atoms with Crippen LogP contribution >= 0.6 is 10.8 Å². The van der Waals surface area contributed by atoms with Gasteiger partial charge in [-0.05, 0) is 10.8 Å². The van der Waals surface area contributed by atoms with Crippen molar-refractivity contribution < 1.29 is 22.6 Å². The predicted octanol–water partition coefficient (Wildman–Crippen LogP) is -0.739. The van der Waals surface area contributed by atoms with Crippen LogP contribution in [0.25, 0.3) is 0 Å². The Morgan fingerprint density at radius 1 is 1.24 bits per heavy atom. The van der Waals surface area contributed by atoms with Gasteiger partial charge in [-0.1, -0.05) is 0 Å². The first-order valence-corrected chi connectivity index (χ1v) is 8.00. The molecule has 1 fully saturated rings. The number of nitrogens with one attached hydrogen (secondary N) is 1. The van der Waals surface area contributed by atoms with E-state index in [2.05, 4.69) is 5.32 Å². The number of rotatable bonds is 7. The van der Waals surface area contributed by atoms with Crippen LogP contribution < -0.4 is 5.32 Å². The number of carbonyl (C=O) groups excluding carboxylic acids is 2. The summed E-state index contributed by atoms with van der Waals surface area (Å²) in [4.78, 5) is 23.6. The Balaban J connectivity index is 2.08. The molecule has 0 aromatic rings. The molecule has 7 nitrogen and oxygen atoms in total. The van der Waals surface area contributed by atoms with E-state index in [1.807, 2.05) is 0 Å². The molecule has 0 radical (unpaired) electrons. The smallest absolute Gasteiger partial charge is 0.314 e. The molecule has 2 N–H and O–H groups in total. The van der Waals surface area contributed by atoms with Crippen molar-refractivity contribution in [3.63, 3.8) is 0 Å². The first-order valence-electron chi connectivity index (χ1n) is 5.06. The topological polar surface area (TPSA) is 104 Å². The minimum atomic E-state index is -3.99. The quantitative estimate of drug-likeness (QED) is 0.274. The predicted molar refractivity (Wildman–Crippen MR) is 62.8 cm³/mol. The van der Waals surface area contributed by atoms with E-state index in [4.69, 9.17) is 4.55 Å². The van der Waals surface area contributed by atoms with Crippen molar-refractivity contribution in [1.29, 1.82) is 0 Å². The molecule has 1 rings (SSSR count). The third kappa shape index (κ3) is 5.48. The molecule has 0 spiro atoms. The Morgan fingerprint density at radius 3 is 2.35 bits per heavy atom. The normalized spacial score (nSPS) is 16.9. The number of carbonyl (C=O) groups is 2. The molecular formula is C8H14N2O5S2. The maximum atomic E-state index is 11.2. The monoisotopic (exact) mass is 282 g/mol. The minimum Gasteiger partial charge on any atom is -0.314 e. The highest BCUT2D eigenvalue weighted by Gasteiger charge is 2.27.